The van der Waals surface area contributed by atoms with Gasteiger partial charge >= 0.3 is 0 Å². The van der Waals surface area contributed by atoms with Crippen LogP contribution in [0.3, 0.4) is 0 Å². The number of methoxy groups -OCH3 is 1. The van der Waals surface area contributed by atoms with E-state index in [0.717, 1.165) is 5.56 Å². The summed E-state index contributed by atoms with van der Waals surface area (Å²) in [5, 5.41) is 6.05. The number of carbonyl (C=O) groups is 1. The molecule has 4 nitrogen and oxygen atoms in total. The maximum Gasteiger partial charge on any atom is 0.251 e. The Morgan fingerprint density at radius 3 is 2.35 bits per heavy atom. The van der Waals surface area contributed by atoms with E-state index in [9.17, 15) is 9.18 Å². The predicted octanol–water partition coefficient (Wildman–Crippen LogP) is 4.63. The molecule has 0 radical (unpaired) electrons. The largest absolute Gasteiger partial charge is 0.497 e. The van der Waals surface area contributed by atoms with Crippen LogP contribution < -0.4 is 15.4 Å². The minimum absolute atomic E-state index is 0.228. The van der Waals surface area contributed by atoms with Crippen molar-refractivity contribution < 1.29 is 13.9 Å². The molecule has 1 unspecified atom stereocenters. The standard InChI is InChI=1S/C21H19FN2O2/c1-26-19-9-5-8-18(14-19)24-21(25)20(15-6-3-2-4-7-15)23-17-12-10-16(22)11-13-17/h2-14,20,23H,1H3,(H,24,25). The van der Waals surface area contributed by atoms with Crippen molar-refractivity contribution in [3.8, 4) is 5.75 Å². The number of anilines is 2. The van der Waals surface area contributed by atoms with Gasteiger partial charge in [-0.2, -0.15) is 0 Å². The SMILES string of the molecule is COc1cccc(NC(=O)C(Nc2ccc(F)cc2)c2ccccc2)c1. The highest BCUT2D eigenvalue weighted by molar-refractivity contribution is 5.97. The van der Waals surface area contributed by atoms with Gasteiger partial charge in [0.25, 0.3) is 5.91 Å². The summed E-state index contributed by atoms with van der Waals surface area (Å²) in [6.45, 7) is 0. The number of nitrogens with one attached hydrogen (secondary N) is 2. The fourth-order valence-corrected chi connectivity index (χ4v) is 2.57. The Morgan fingerprint density at radius 2 is 1.65 bits per heavy atom. The number of carbonyl (C=O) groups excluding carboxylic acids is 1. The van der Waals surface area contributed by atoms with Crippen LogP contribution in [-0.4, -0.2) is 13.0 Å². The quantitative estimate of drug-likeness (QED) is 0.682. The molecule has 0 aliphatic heterocycles. The molecule has 0 spiro atoms. The van der Waals surface area contributed by atoms with Crippen LogP contribution in [0.15, 0.2) is 78.9 Å². The maximum absolute atomic E-state index is 13.1. The van der Waals surface area contributed by atoms with Crippen LogP contribution in [-0.2, 0) is 4.79 Å². The number of rotatable bonds is 6. The van der Waals surface area contributed by atoms with Gasteiger partial charge in [-0.1, -0.05) is 36.4 Å². The smallest absolute Gasteiger partial charge is 0.251 e. The molecule has 3 aromatic rings. The molecular formula is C21H19FN2O2. The van der Waals surface area contributed by atoms with Crippen molar-refractivity contribution in [1.82, 2.24) is 0 Å². The second kappa shape index (κ2) is 8.16. The normalized spacial score (nSPS) is 11.5. The molecule has 0 fully saturated rings. The summed E-state index contributed by atoms with van der Waals surface area (Å²) in [5.74, 6) is 0.104. The Hall–Kier alpha value is -3.34. The van der Waals surface area contributed by atoms with Gasteiger partial charge in [0.1, 0.15) is 17.6 Å². The zero-order valence-corrected chi connectivity index (χ0v) is 14.3. The van der Waals surface area contributed by atoms with Crippen LogP contribution in [0.1, 0.15) is 11.6 Å². The Balaban J connectivity index is 1.84. The second-order valence-corrected chi connectivity index (χ2v) is 5.72. The average molecular weight is 350 g/mol. The van der Waals surface area contributed by atoms with Crippen molar-refractivity contribution in [3.63, 3.8) is 0 Å². The van der Waals surface area contributed by atoms with Gasteiger partial charge in [0.05, 0.1) is 7.11 Å². The van der Waals surface area contributed by atoms with Gasteiger partial charge in [0.2, 0.25) is 0 Å². The van der Waals surface area contributed by atoms with E-state index in [4.69, 9.17) is 4.74 Å². The average Bonchev–Trinajstić information content (AvgIpc) is 2.68. The molecule has 0 aliphatic carbocycles. The van der Waals surface area contributed by atoms with Gasteiger partial charge in [-0.05, 0) is 42.0 Å². The molecule has 0 saturated heterocycles. The topological polar surface area (TPSA) is 50.4 Å². The lowest BCUT2D eigenvalue weighted by atomic mass is 10.1. The van der Waals surface area contributed by atoms with Crippen LogP contribution in [0.2, 0.25) is 0 Å². The fraction of sp³-hybridized carbons (Fsp3) is 0.0952. The first-order valence-electron chi connectivity index (χ1n) is 8.17. The van der Waals surface area contributed by atoms with Gasteiger partial charge in [-0.15, -0.1) is 0 Å². The number of ether oxygens (including phenoxy) is 1. The van der Waals surface area contributed by atoms with E-state index in [2.05, 4.69) is 10.6 Å². The summed E-state index contributed by atoms with van der Waals surface area (Å²) in [6.07, 6.45) is 0. The highest BCUT2D eigenvalue weighted by Crippen LogP contribution is 2.23. The van der Waals surface area contributed by atoms with Crippen molar-refractivity contribution >= 4 is 17.3 Å². The Morgan fingerprint density at radius 1 is 0.923 bits per heavy atom. The molecule has 26 heavy (non-hydrogen) atoms. The van der Waals surface area contributed by atoms with Crippen molar-refractivity contribution in [1.29, 1.82) is 0 Å². The molecular weight excluding hydrogens is 331 g/mol. The number of benzene rings is 3. The molecule has 132 valence electrons. The third-order valence-electron chi connectivity index (χ3n) is 3.89. The van der Waals surface area contributed by atoms with E-state index < -0.39 is 6.04 Å². The highest BCUT2D eigenvalue weighted by atomic mass is 19.1. The van der Waals surface area contributed by atoms with E-state index in [0.29, 0.717) is 17.1 Å². The molecule has 1 atom stereocenters. The van der Waals surface area contributed by atoms with Crippen LogP contribution in [0.4, 0.5) is 15.8 Å². The van der Waals surface area contributed by atoms with Gasteiger partial charge in [0, 0.05) is 17.4 Å². The van der Waals surface area contributed by atoms with Gasteiger partial charge in [-0.25, -0.2) is 4.39 Å². The van der Waals surface area contributed by atoms with E-state index >= 15 is 0 Å². The molecule has 1 amide bonds. The zero-order valence-electron chi connectivity index (χ0n) is 14.3. The molecule has 0 aliphatic rings. The molecule has 5 heteroatoms. The van der Waals surface area contributed by atoms with Crippen molar-refractivity contribution in [2.24, 2.45) is 0 Å². The minimum atomic E-state index is -0.632. The number of hydrogen-bond donors (Lipinski definition) is 2. The molecule has 2 N–H and O–H groups in total. The van der Waals surface area contributed by atoms with Crippen LogP contribution in [0.5, 0.6) is 5.75 Å². The molecule has 0 aromatic heterocycles. The Bertz CT molecular complexity index is 867. The van der Waals surface area contributed by atoms with Crippen molar-refractivity contribution in [3.05, 3.63) is 90.2 Å². The molecule has 3 rings (SSSR count). The van der Waals surface area contributed by atoms with E-state index in [-0.39, 0.29) is 11.7 Å². The monoisotopic (exact) mass is 350 g/mol. The van der Waals surface area contributed by atoms with E-state index in [1.54, 1.807) is 43.5 Å². The van der Waals surface area contributed by atoms with Gasteiger partial charge in [0.15, 0.2) is 0 Å². The third-order valence-corrected chi connectivity index (χ3v) is 3.89. The number of amides is 1. The Kier molecular flexibility index (Phi) is 5.49. The number of hydrogen-bond acceptors (Lipinski definition) is 3. The number of halogens is 1. The summed E-state index contributed by atoms with van der Waals surface area (Å²) < 4.78 is 18.3. The first-order chi connectivity index (χ1) is 12.7. The van der Waals surface area contributed by atoms with Crippen molar-refractivity contribution in [2.75, 3.05) is 17.7 Å². The second-order valence-electron chi connectivity index (χ2n) is 5.72. The lowest BCUT2D eigenvalue weighted by Gasteiger charge is -2.20. The Labute approximate surface area is 151 Å². The lowest BCUT2D eigenvalue weighted by Crippen LogP contribution is -2.27. The van der Waals surface area contributed by atoms with Crippen LogP contribution in [0, 0.1) is 5.82 Å². The maximum atomic E-state index is 13.1. The molecule has 0 bridgehead atoms. The summed E-state index contributed by atoms with van der Waals surface area (Å²) in [7, 11) is 1.57. The molecule has 0 heterocycles. The summed E-state index contributed by atoms with van der Waals surface area (Å²) in [4.78, 5) is 12.9. The van der Waals surface area contributed by atoms with E-state index in [1.807, 2.05) is 30.3 Å². The van der Waals surface area contributed by atoms with Crippen LogP contribution >= 0.6 is 0 Å². The lowest BCUT2D eigenvalue weighted by molar-refractivity contribution is -0.117. The summed E-state index contributed by atoms with van der Waals surface area (Å²) in [5.41, 5.74) is 2.09. The first-order valence-corrected chi connectivity index (χ1v) is 8.17. The van der Waals surface area contributed by atoms with Crippen LogP contribution in [0.25, 0.3) is 0 Å². The van der Waals surface area contributed by atoms with Gasteiger partial charge < -0.3 is 15.4 Å². The first kappa shape index (κ1) is 17.5. The van der Waals surface area contributed by atoms with E-state index in [1.165, 1.54) is 12.1 Å². The van der Waals surface area contributed by atoms with Gasteiger partial charge in [-0.3, -0.25) is 4.79 Å². The summed E-state index contributed by atoms with van der Waals surface area (Å²) >= 11 is 0. The molecule has 3 aromatic carbocycles. The third kappa shape index (κ3) is 4.39. The fourth-order valence-electron chi connectivity index (χ4n) is 2.57. The predicted molar refractivity (Wildman–Crippen MR) is 101 cm³/mol. The zero-order chi connectivity index (χ0) is 18.4. The molecule has 0 saturated carbocycles. The highest BCUT2D eigenvalue weighted by Gasteiger charge is 2.20. The van der Waals surface area contributed by atoms with Crippen molar-refractivity contribution in [2.45, 2.75) is 6.04 Å². The summed E-state index contributed by atoms with van der Waals surface area (Å²) in [6, 6.07) is 21.8. The minimum Gasteiger partial charge on any atom is -0.497 e.